The Kier molecular flexibility index (Phi) is 4.43. The molecule has 1 heterocycles. The van der Waals surface area contributed by atoms with Gasteiger partial charge in [-0.15, -0.1) is 0 Å². The van der Waals surface area contributed by atoms with E-state index in [0.717, 1.165) is 5.47 Å². The molecule has 114 valence electrons. The molecule has 0 aliphatic carbocycles. The van der Waals surface area contributed by atoms with E-state index in [2.05, 4.69) is 12.6 Å². The zero-order valence-electron chi connectivity index (χ0n) is 12.8. The fourth-order valence-electron chi connectivity index (χ4n) is 2.04. The minimum Gasteiger partial charge on any atom is -0.400 e. The summed E-state index contributed by atoms with van der Waals surface area (Å²) in [5, 5.41) is 0. The molecule has 0 aromatic heterocycles. The van der Waals surface area contributed by atoms with Crippen molar-refractivity contribution in [2.75, 3.05) is 11.5 Å². The Labute approximate surface area is 131 Å². The number of nitrogens with two attached hydrogens (primary N) is 1. The maximum Gasteiger partial charge on any atom is 0.491 e. The fraction of sp³-hybridized carbons (Fsp3) is 0.467. The van der Waals surface area contributed by atoms with Gasteiger partial charge in [0.2, 0.25) is 0 Å². The standard InChI is InChI=1S/C15H21BFNO2S/c1-14(2)15(3,4)20-16(19-14)11(9-21)7-10-5-6-12(18)8-13(10)17/h5-8,21H,9,18H2,1-4H3. The van der Waals surface area contributed by atoms with Crippen LogP contribution in [0.25, 0.3) is 6.08 Å². The van der Waals surface area contributed by atoms with E-state index >= 15 is 0 Å². The lowest BCUT2D eigenvalue weighted by molar-refractivity contribution is 0.00578. The van der Waals surface area contributed by atoms with E-state index in [9.17, 15) is 4.39 Å². The van der Waals surface area contributed by atoms with Crippen LogP contribution in [-0.4, -0.2) is 24.1 Å². The number of benzene rings is 1. The van der Waals surface area contributed by atoms with Crippen molar-refractivity contribution in [1.29, 1.82) is 0 Å². The Balaban J connectivity index is 2.31. The second-order valence-corrected chi connectivity index (χ2v) is 6.56. The first kappa shape index (κ1) is 16.4. The van der Waals surface area contributed by atoms with Gasteiger partial charge < -0.3 is 15.0 Å². The predicted octanol–water partition coefficient (Wildman–Crippen LogP) is 3.35. The quantitative estimate of drug-likeness (QED) is 0.511. The molecule has 0 radical (unpaired) electrons. The lowest BCUT2D eigenvalue weighted by atomic mass is 9.78. The number of anilines is 1. The fourth-order valence-corrected chi connectivity index (χ4v) is 2.28. The van der Waals surface area contributed by atoms with Crippen LogP contribution in [0.4, 0.5) is 10.1 Å². The zero-order chi connectivity index (χ0) is 15.8. The van der Waals surface area contributed by atoms with Crippen LogP contribution in [-0.2, 0) is 9.31 Å². The summed E-state index contributed by atoms with van der Waals surface area (Å²) in [6.45, 7) is 7.92. The number of hydrogen-bond acceptors (Lipinski definition) is 4. The van der Waals surface area contributed by atoms with Crippen molar-refractivity contribution in [3.8, 4) is 0 Å². The maximum atomic E-state index is 13.9. The van der Waals surface area contributed by atoms with Crippen LogP contribution in [0.5, 0.6) is 0 Å². The molecule has 6 heteroatoms. The first-order valence-corrected chi connectivity index (χ1v) is 7.51. The molecule has 1 aliphatic rings. The van der Waals surface area contributed by atoms with E-state index in [0.29, 0.717) is 17.0 Å². The van der Waals surface area contributed by atoms with E-state index in [4.69, 9.17) is 15.0 Å². The zero-order valence-corrected chi connectivity index (χ0v) is 13.7. The van der Waals surface area contributed by atoms with E-state index in [1.54, 1.807) is 18.2 Å². The SMILES string of the molecule is CC1(C)OB(C(=Cc2ccc(N)cc2F)CS)OC1(C)C. The normalized spacial score (nSPS) is 20.9. The molecule has 3 nitrogen and oxygen atoms in total. The average Bonchev–Trinajstić information content (AvgIpc) is 2.57. The Hall–Kier alpha value is -0.975. The summed E-state index contributed by atoms with van der Waals surface area (Å²) >= 11 is 4.31. The molecular weight excluding hydrogens is 288 g/mol. The van der Waals surface area contributed by atoms with Gasteiger partial charge in [-0.1, -0.05) is 12.1 Å². The summed E-state index contributed by atoms with van der Waals surface area (Å²) < 4.78 is 25.8. The topological polar surface area (TPSA) is 44.5 Å². The van der Waals surface area contributed by atoms with Crippen LogP contribution in [0, 0.1) is 5.82 Å². The van der Waals surface area contributed by atoms with E-state index in [1.165, 1.54) is 6.07 Å². The molecule has 1 fully saturated rings. The number of rotatable bonds is 3. The lowest BCUT2D eigenvalue weighted by Crippen LogP contribution is -2.41. The summed E-state index contributed by atoms with van der Waals surface area (Å²) in [5.41, 5.74) is 6.32. The molecule has 0 spiro atoms. The average molecular weight is 309 g/mol. The Morgan fingerprint density at radius 1 is 1.29 bits per heavy atom. The molecule has 1 aliphatic heterocycles. The molecule has 2 N–H and O–H groups in total. The maximum absolute atomic E-state index is 13.9. The van der Waals surface area contributed by atoms with Crippen LogP contribution < -0.4 is 5.73 Å². The molecular formula is C15H21BFNO2S. The second kappa shape index (κ2) is 5.67. The molecule has 0 bridgehead atoms. The number of hydrogen-bond donors (Lipinski definition) is 2. The van der Waals surface area contributed by atoms with Crippen molar-refractivity contribution in [3.05, 3.63) is 35.1 Å². The van der Waals surface area contributed by atoms with Crippen molar-refractivity contribution in [3.63, 3.8) is 0 Å². The number of nitrogen functional groups attached to an aromatic ring is 1. The van der Waals surface area contributed by atoms with Crippen molar-refractivity contribution < 1.29 is 13.7 Å². The van der Waals surface area contributed by atoms with Gasteiger partial charge in [-0.25, -0.2) is 4.39 Å². The third-order valence-corrected chi connectivity index (χ3v) is 4.47. The van der Waals surface area contributed by atoms with Crippen LogP contribution >= 0.6 is 12.6 Å². The Bertz CT molecular complexity index is 559. The van der Waals surface area contributed by atoms with Crippen LogP contribution in [0.1, 0.15) is 33.3 Å². The van der Waals surface area contributed by atoms with Gasteiger partial charge in [-0.2, -0.15) is 12.6 Å². The summed E-state index contributed by atoms with van der Waals surface area (Å²) in [6, 6.07) is 4.60. The summed E-state index contributed by atoms with van der Waals surface area (Å²) in [7, 11) is -0.524. The van der Waals surface area contributed by atoms with Gasteiger partial charge in [0.15, 0.2) is 0 Å². The highest BCUT2D eigenvalue weighted by Gasteiger charge is 2.52. The number of thiol groups is 1. The van der Waals surface area contributed by atoms with Gasteiger partial charge in [0, 0.05) is 17.0 Å². The van der Waals surface area contributed by atoms with Crippen molar-refractivity contribution in [2.45, 2.75) is 38.9 Å². The Morgan fingerprint density at radius 3 is 2.33 bits per heavy atom. The molecule has 0 saturated carbocycles. The van der Waals surface area contributed by atoms with Gasteiger partial charge in [0.05, 0.1) is 11.2 Å². The first-order valence-electron chi connectivity index (χ1n) is 6.88. The van der Waals surface area contributed by atoms with Gasteiger partial charge >= 0.3 is 7.12 Å². The lowest BCUT2D eigenvalue weighted by Gasteiger charge is -2.32. The summed E-state index contributed by atoms with van der Waals surface area (Å²) in [4.78, 5) is 0. The highest BCUT2D eigenvalue weighted by Crippen LogP contribution is 2.39. The number of halogens is 1. The van der Waals surface area contributed by atoms with Crippen molar-refractivity contribution in [2.24, 2.45) is 0 Å². The highest BCUT2D eigenvalue weighted by atomic mass is 32.1. The Morgan fingerprint density at radius 2 is 1.86 bits per heavy atom. The minimum absolute atomic E-state index is 0.370. The molecule has 0 amide bonds. The second-order valence-electron chi connectivity index (χ2n) is 6.25. The van der Waals surface area contributed by atoms with Crippen molar-refractivity contribution >= 4 is 31.5 Å². The largest absolute Gasteiger partial charge is 0.491 e. The third kappa shape index (κ3) is 3.28. The highest BCUT2D eigenvalue weighted by molar-refractivity contribution is 7.80. The molecule has 21 heavy (non-hydrogen) atoms. The monoisotopic (exact) mass is 309 g/mol. The first-order chi connectivity index (χ1) is 9.66. The molecule has 1 aromatic carbocycles. The van der Waals surface area contributed by atoms with Gasteiger partial charge in [0.25, 0.3) is 0 Å². The summed E-state index contributed by atoms with van der Waals surface area (Å²) in [5.74, 6) is 0.0477. The minimum atomic E-state index is -0.524. The molecule has 0 unspecified atom stereocenters. The smallest absolute Gasteiger partial charge is 0.400 e. The summed E-state index contributed by atoms with van der Waals surface area (Å²) in [6.07, 6.45) is 1.71. The van der Waals surface area contributed by atoms with Crippen LogP contribution in [0.2, 0.25) is 0 Å². The predicted molar refractivity (Wildman–Crippen MR) is 88.7 cm³/mol. The van der Waals surface area contributed by atoms with Gasteiger partial charge in [-0.05, 0) is 45.3 Å². The van der Waals surface area contributed by atoms with E-state index < -0.39 is 18.3 Å². The molecule has 2 rings (SSSR count). The van der Waals surface area contributed by atoms with Crippen molar-refractivity contribution in [1.82, 2.24) is 0 Å². The molecule has 1 saturated heterocycles. The van der Waals surface area contributed by atoms with Gasteiger partial charge in [0.1, 0.15) is 5.82 Å². The van der Waals surface area contributed by atoms with Crippen LogP contribution in [0.3, 0.4) is 0 Å². The van der Waals surface area contributed by atoms with E-state index in [1.807, 2.05) is 27.7 Å². The molecule has 1 aromatic rings. The van der Waals surface area contributed by atoms with Crippen LogP contribution in [0.15, 0.2) is 23.7 Å². The van der Waals surface area contributed by atoms with E-state index in [-0.39, 0.29) is 5.82 Å². The molecule has 0 atom stereocenters. The van der Waals surface area contributed by atoms with Gasteiger partial charge in [-0.3, -0.25) is 0 Å². The third-order valence-electron chi connectivity index (χ3n) is 4.10.